The smallest absolute Gasteiger partial charge is 0.363 e. The van der Waals surface area contributed by atoms with Crippen molar-refractivity contribution in [2.45, 2.75) is 35.1 Å². The Kier molecular flexibility index (Phi) is 4.33. The number of hydrogen-bond acceptors (Lipinski definition) is 8. The Bertz CT molecular complexity index is 438. The van der Waals surface area contributed by atoms with Crippen LogP contribution in [0.3, 0.4) is 0 Å². The van der Waals surface area contributed by atoms with Gasteiger partial charge in [-0.1, -0.05) is 0 Å². The molecular formula is C6H14O12P2. The van der Waals surface area contributed by atoms with Crippen LogP contribution in [0.5, 0.6) is 0 Å². The summed E-state index contributed by atoms with van der Waals surface area (Å²) < 4.78 is 22.5. The van der Waals surface area contributed by atoms with E-state index in [0.29, 0.717) is 0 Å². The highest BCUT2D eigenvalue weighted by Crippen LogP contribution is 2.69. The van der Waals surface area contributed by atoms with E-state index in [2.05, 4.69) is 0 Å². The topological polar surface area (TPSA) is 236 Å². The summed E-state index contributed by atoms with van der Waals surface area (Å²) in [6.07, 6.45) is -11.3. The molecule has 0 unspecified atom stereocenters. The SMILES string of the molecule is O=P(O)(O)[C@@]1(O)[C@@H](O)[C@H](O)[C@H](O)[C@H](O)[C@]1(O)P(=O)(O)O. The van der Waals surface area contributed by atoms with Gasteiger partial charge in [-0.25, -0.2) is 0 Å². The van der Waals surface area contributed by atoms with E-state index >= 15 is 0 Å². The Labute approximate surface area is 110 Å². The second-order valence-electron chi connectivity index (χ2n) is 4.41. The summed E-state index contributed by atoms with van der Waals surface area (Å²) in [6, 6.07) is 0. The molecule has 6 atom stereocenters. The van der Waals surface area contributed by atoms with Crippen LogP contribution in [0.2, 0.25) is 0 Å². The van der Waals surface area contributed by atoms with Crippen LogP contribution < -0.4 is 0 Å². The molecule has 0 aliphatic heterocycles. The van der Waals surface area contributed by atoms with Crippen LogP contribution >= 0.6 is 15.2 Å². The molecule has 0 spiro atoms. The van der Waals surface area contributed by atoms with Gasteiger partial charge in [-0.3, -0.25) is 9.13 Å². The fourth-order valence-corrected chi connectivity index (χ4v) is 4.96. The quantitative estimate of drug-likeness (QED) is 0.213. The minimum atomic E-state index is -6.10. The third kappa shape index (κ3) is 2.02. The van der Waals surface area contributed by atoms with Crippen molar-refractivity contribution >= 4 is 15.2 Å². The van der Waals surface area contributed by atoms with Gasteiger partial charge in [-0.15, -0.1) is 0 Å². The summed E-state index contributed by atoms with van der Waals surface area (Å²) in [4.78, 5) is 35.9. The highest BCUT2D eigenvalue weighted by Gasteiger charge is 2.80. The van der Waals surface area contributed by atoms with Crippen molar-refractivity contribution in [3.8, 4) is 0 Å². The molecule has 0 aromatic rings. The van der Waals surface area contributed by atoms with E-state index in [1.54, 1.807) is 0 Å². The average molecular weight is 340 g/mol. The van der Waals surface area contributed by atoms with E-state index < -0.39 is 50.3 Å². The summed E-state index contributed by atoms with van der Waals surface area (Å²) in [5, 5.41) is 48.5. The second kappa shape index (κ2) is 4.78. The van der Waals surface area contributed by atoms with E-state index in [9.17, 15) is 39.8 Å². The maximum Gasteiger partial charge on any atom is 0.363 e. The van der Waals surface area contributed by atoms with Gasteiger partial charge in [-0.2, -0.15) is 0 Å². The zero-order valence-electron chi connectivity index (χ0n) is 9.49. The summed E-state index contributed by atoms with van der Waals surface area (Å²) in [7, 11) is -12.2. The van der Waals surface area contributed by atoms with E-state index in [1.165, 1.54) is 0 Å². The predicted octanol–water partition coefficient (Wildman–Crippen LogP) is -4.82. The number of aliphatic hydroxyl groups excluding tert-OH is 4. The number of rotatable bonds is 2. The largest absolute Gasteiger partial charge is 0.387 e. The predicted molar refractivity (Wildman–Crippen MR) is 58.0 cm³/mol. The van der Waals surface area contributed by atoms with Crippen LogP contribution in [-0.2, 0) is 9.13 Å². The molecular weight excluding hydrogens is 326 g/mol. The molecule has 120 valence electrons. The van der Waals surface area contributed by atoms with Crippen LogP contribution in [0, 0.1) is 0 Å². The molecule has 1 rings (SSSR count). The van der Waals surface area contributed by atoms with Crippen molar-refractivity contribution in [2.75, 3.05) is 0 Å². The van der Waals surface area contributed by atoms with E-state index in [-0.39, 0.29) is 0 Å². The Morgan fingerprint density at radius 1 is 0.650 bits per heavy atom. The van der Waals surface area contributed by atoms with Crippen LogP contribution in [0.1, 0.15) is 0 Å². The van der Waals surface area contributed by atoms with Gasteiger partial charge < -0.3 is 50.2 Å². The molecule has 0 heterocycles. The molecule has 12 nitrogen and oxygen atoms in total. The molecule has 0 bridgehead atoms. The lowest BCUT2D eigenvalue weighted by molar-refractivity contribution is -0.264. The Hall–Kier alpha value is 0.0600. The van der Waals surface area contributed by atoms with Gasteiger partial charge in [0.2, 0.25) is 10.7 Å². The lowest BCUT2D eigenvalue weighted by atomic mass is 9.83. The monoisotopic (exact) mass is 340 g/mol. The molecule has 20 heavy (non-hydrogen) atoms. The highest BCUT2D eigenvalue weighted by molar-refractivity contribution is 7.58. The zero-order chi connectivity index (χ0) is 16.3. The molecule has 1 saturated carbocycles. The lowest BCUT2D eigenvalue weighted by Gasteiger charge is -2.53. The number of aliphatic hydroxyl groups is 6. The summed E-state index contributed by atoms with van der Waals surface area (Å²) >= 11 is 0. The van der Waals surface area contributed by atoms with Gasteiger partial charge in [-0.05, 0) is 0 Å². The average Bonchev–Trinajstić information content (AvgIpc) is 2.28. The normalized spacial score (nSPS) is 47.3. The minimum absolute atomic E-state index is 2.59. The third-order valence-corrected chi connectivity index (χ3v) is 6.42. The fraction of sp³-hybridized carbons (Fsp3) is 1.00. The molecule has 10 N–H and O–H groups in total. The van der Waals surface area contributed by atoms with Gasteiger partial charge in [0, 0.05) is 0 Å². The summed E-state index contributed by atoms with van der Waals surface area (Å²) in [5.41, 5.74) is 0. The molecule has 0 amide bonds. The van der Waals surface area contributed by atoms with Crippen LogP contribution in [0.4, 0.5) is 0 Å². The first-order valence-electron chi connectivity index (χ1n) is 4.92. The first-order valence-corrected chi connectivity index (χ1v) is 8.14. The molecule has 0 saturated heterocycles. The summed E-state index contributed by atoms with van der Waals surface area (Å²) in [5.74, 6) is 0. The number of hydrogen-bond donors (Lipinski definition) is 10. The van der Waals surface area contributed by atoms with Crippen molar-refractivity contribution < 1.29 is 59.3 Å². The Balaban J connectivity index is 3.74. The van der Waals surface area contributed by atoms with Crippen molar-refractivity contribution in [3.63, 3.8) is 0 Å². The Morgan fingerprint density at radius 2 is 0.850 bits per heavy atom. The van der Waals surface area contributed by atoms with Crippen LogP contribution in [0.25, 0.3) is 0 Å². The third-order valence-electron chi connectivity index (χ3n) is 3.25. The van der Waals surface area contributed by atoms with Gasteiger partial charge in [0.15, 0.2) is 0 Å². The molecule has 1 aliphatic carbocycles. The van der Waals surface area contributed by atoms with Gasteiger partial charge in [0.1, 0.15) is 24.4 Å². The van der Waals surface area contributed by atoms with E-state index in [4.69, 9.17) is 19.6 Å². The molecule has 0 aromatic heterocycles. The van der Waals surface area contributed by atoms with E-state index in [1.807, 2.05) is 0 Å². The van der Waals surface area contributed by atoms with E-state index in [0.717, 1.165) is 0 Å². The van der Waals surface area contributed by atoms with Crippen molar-refractivity contribution in [1.82, 2.24) is 0 Å². The van der Waals surface area contributed by atoms with Gasteiger partial charge >= 0.3 is 15.2 Å². The van der Waals surface area contributed by atoms with Crippen LogP contribution in [-0.4, -0.2) is 85.3 Å². The zero-order valence-corrected chi connectivity index (χ0v) is 11.3. The van der Waals surface area contributed by atoms with Crippen molar-refractivity contribution in [1.29, 1.82) is 0 Å². The first-order chi connectivity index (χ1) is 8.64. The highest BCUT2D eigenvalue weighted by atomic mass is 31.2. The summed E-state index contributed by atoms with van der Waals surface area (Å²) in [6.45, 7) is 0. The minimum Gasteiger partial charge on any atom is -0.387 e. The second-order valence-corrected chi connectivity index (χ2v) is 7.95. The van der Waals surface area contributed by atoms with Crippen LogP contribution in [0.15, 0.2) is 0 Å². The fourth-order valence-electron chi connectivity index (χ4n) is 2.06. The molecule has 0 aromatic carbocycles. The molecule has 1 aliphatic rings. The van der Waals surface area contributed by atoms with Crippen molar-refractivity contribution in [3.05, 3.63) is 0 Å². The van der Waals surface area contributed by atoms with Crippen molar-refractivity contribution in [2.24, 2.45) is 0 Å². The van der Waals surface area contributed by atoms with Gasteiger partial charge in [0.25, 0.3) is 0 Å². The first kappa shape index (κ1) is 18.1. The lowest BCUT2D eigenvalue weighted by Crippen LogP contribution is -2.76. The standard InChI is InChI=1S/C6H14O12P2/c7-1-2(8)4(10)6(12,20(16,17)18)5(11,3(1)9)19(13,14)15/h1-4,7-12H,(H2,13,14,15)(H2,16,17,18)/t1-,2+,3-,4-,5-,6-/m0/s1. The van der Waals surface area contributed by atoms with Gasteiger partial charge in [0.05, 0.1) is 0 Å². The maximum absolute atomic E-state index is 11.3. The molecule has 1 fully saturated rings. The molecule has 14 heteroatoms. The maximum atomic E-state index is 11.3. The molecule has 0 radical (unpaired) electrons. The Morgan fingerprint density at radius 3 is 1.00 bits per heavy atom.